The maximum Gasteiger partial charge on any atom is 0.257 e. The Bertz CT molecular complexity index is 1020. The van der Waals surface area contributed by atoms with E-state index in [0.29, 0.717) is 10.7 Å². The fourth-order valence-corrected chi connectivity index (χ4v) is 3.14. The highest BCUT2D eigenvalue weighted by molar-refractivity contribution is 7.13. The lowest BCUT2D eigenvalue weighted by atomic mass is 10.2. The van der Waals surface area contributed by atoms with E-state index in [4.69, 9.17) is 0 Å². The summed E-state index contributed by atoms with van der Waals surface area (Å²) in [6.45, 7) is 1.90. The number of nitrogens with zero attached hydrogens (tertiary/aromatic N) is 3. The van der Waals surface area contributed by atoms with Crippen LogP contribution in [0.25, 0.3) is 16.9 Å². The van der Waals surface area contributed by atoms with Gasteiger partial charge in [0.1, 0.15) is 5.65 Å². The molecule has 0 aliphatic rings. The van der Waals surface area contributed by atoms with Crippen molar-refractivity contribution >= 4 is 28.0 Å². The number of thiazole rings is 1. The van der Waals surface area contributed by atoms with Gasteiger partial charge in [-0.2, -0.15) is 0 Å². The summed E-state index contributed by atoms with van der Waals surface area (Å²) in [5.74, 6) is -0.184. The average molecular weight is 334 g/mol. The average Bonchev–Trinajstić information content (AvgIpc) is 3.21. The van der Waals surface area contributed by atoms with Crippen LogP contribution >= 0.6 is 11.3 Å². The number of hydrogen-bond donors (Lipinski definition) is 1. The number of anilines is 1. The molecule has 24 heavy (non-hydrogen) atoms. The molecular formula is C18H14N4OS. The first kappa shape index (κ1) is 14.6. The summed E-state index contributed by atoms with van der Waals surface area (Å²) in [6.07, 6.45) is 3.80. The second-order valence-corrected chi connectivity index (χ2v) is 6.28. The van der Waals surface area contributed by atoms with Crippen LogP contribution in [0.15, 0.2) is 60.2 Å². The van der Waals surface area contributed by atoms with Gasteiger partial charge in [-0.15, -0.1) is 11.3 Å². The Kier molecular flexibility index (Phi) is 3.59. The van der Waals surface area contributed by atoms with E-state index in [1.807, 2.05) is 59.4 Å². The number of aryl methyl sites for hydroxylation is 1. The van der Waals surface area contributed by atoms with Gasteiger partial charge in [0.15, 0.2) is 5.13 Å². The van der Waals surface area contributed by atoms with E-state index in [1.54, 1.807) is 12.1 Å². The largest absolute Gasteiger partial charge is 0.306 e. The van der Waals surface area contributed by atoms with Gasteiger partial charge in [0.25, 0.3) is 5.91 Å². The number of benzene rings is 1. The molecule has 0 unspecified atom stereocenters. The fourth-order valence-electron chi connectivity index (χ4n) is 2.45. The smallest absolute Gasteiger partial charge is 0.257 e. The van der Waals surface area contributed by atoms with E-state index in [-0.39, 0.29) is 5.91 Å². The lowest BCUT2D eigenvalue weighted by molar-refractivity contribution is 0.102. The molecule has 0 aliphatic carbocycles. The Morgan fingerprint density at radius 3 is 2.75 bits per heavy atom. The number of amides is 1. The van der Waals surface area contributed by atoms with Gasteiger partial charge in [0.05, 0.1) is 11.4 Å². The molecule has 6 heteroatoms. The number of carbonyl (C=O) groups is 1. The van der Waals surface area contributed by atoms with Gasteiger partial charge in [-0.25, -0.2) is 9.97 Å². The highest BCUT2D eigenvalue weighted by Gasteiger charge is 2.11. The first-order valence-electron chi connectivity index (χ1n) is 7.47. The molecule has 3 heterocycles. The summed E-state index contributed by atoms with van der Waals surface area (Å²) in [5, 5.41) is 5.32. The summed E-state index contributed by atoms with van der Waals surface area (Å²) >= 11 is 1.41. The number of aromatic nitrogens is 3. The third kappa shape index (κ3) is 2.79. The number of nitrogens with one attached hydrogen (secondary N) is 1. The lowest BCUT2D eigenvalue weighted by Crippen LogP contribution is -2.12. The van der Waals surface area contributed by atoms with Gasteiger partial charge in [-0.1, -0.05) is 30.3 Å². The second-order valence-electron chi connectivity index (χ2n) is 5.42. The van der Waals surface area contributed by atoms with Gasteiger partial charge in [0, 0.05) is 28.9 Å². The predicted octanol–water partition coefficient (Wildman–Crippen LogP) is 4.02. The van der Waals surface area contributed by atoms with Crippen molar-refractivity contribution in [3.8, 4) is 11.3 Å². The normalized spacial score (nSPS) is 10.9. The van der Waals surface area contributed by atoms with Crippen LogP contribution < -0.4 is 5.32 Å². The minimum Gasteiger partial charge on any atom is -0.306 e. The SMILES string of the molecule is Cc1csc(NC(=O)c2ccn3cc(-c4ccccc4)nc3c2)n1. The molecule has 0 aliphatic heterocycles. The van der Waals surface area contributed by atoms with Crippen LogP contribution in [0.2, 0.25) is 0 Å². The number of rotatable bonds is 3. The van der Waals surface area contributed by atoms with Crippen molar-refractivity contribution in [3.63, 3.8) is 0 Å². The van der Waals surface area contributed by atoms with Gasteiger partial charge in [-0.3, -0.25) is 10.1 Å². The van der Waals surface area contributed by atoms with Gasteiger partial charge < -0.3 is 4.40 Å². The minimum absolute atomic E-state index is 0.184. The van der Waals surface area contributed by atoms with Crippen LogP contribution in [0.1, 0.15) is 16.1 Å². The van der Waals surface area contributed by atoms with E-state index in [2.05, 4.69) is 15.3 Å². The Morgan fingerprint density at radius 1 is 1.17 bits per heavy atom. The Morgan fingerprint density at radius 2 is 2.00 bits per heavy atom. The molecule has 0 atom stereocenters. The highest BCUT2D eigenvalue weighted by Crippen LogP contribution is 2.20. The lowest BCUT2D eigenvalue weighted by Gasteiger charge is -2.02. The quantitative estimate of drug-likeness (QED) is 0.615. The second kappa shape index (κ2) is 5.90. The molecule has 1 N–H and O–H groups in total. The van der Waals surface area contributed by atoms with Crippen LogP contribution in [-0.4, -0.2) is 20.3 Å². The number of fused-ring (bicyclic) bond motifs is 1. The molecule has 4 aromatic rings. The third-order valence-electron chi connectivity index (χ3n) is 3.63. The summed E-state index contributed by atoms with van der Waals surface area (Å²) in [7, 11) is 0. The topological polar surface area (TPSA) is 59.3 Å². The molecule has 4 rings (SSSR count). The summed E-state index contributed by atoms with van der Waals surface area (Å²) in [6, 6.07) is 13.5. The zero-order valence-corrected chi connectivity index (χ0v) is 13.7. The van der Waals surface area contributed by atoms with E-state index in [0.717, 1.165) is 22.6 Å². The monoisotopic (exact) mass is 334 g/mol. The summed E-state index contributed by atoms with van der Waals surface area (Å²) < 4.78 is 1.91. The zero-order chi connectivity index (χ0) is 16.5. The van der Waals surface area contributed by atoms with E-state index in [9.17, 15) is 4.79 Å². The number of hydrogen-bond acceptors (Lipinski definition) is 4. The first-order valence-corrected chi connectivity index (χ1v) is 8.35. The van der Waals surface area contributed by atoms with Crippen LogP contribution in [0.4, 0.5) is 5.13 Å². The number of imidazole rings is 1. The van der Waals surface area contributed by atoms with Gasteiger partial charge in [-0.05, 0) is 19.1 Å². The predicted molar refractivity (Wildman–Crippen MR) is 95.4 cm³/mol. The van der Waals surface area contributed by atoms with Crippen molar-refractivity contribution in [2.75, 3.05) is 5.32 Å². The fraction of sp³-hybridized carbons (Fsp3) is 0.0556. The van der Waals surface area contributed by atoms with Crippen molar-refractivity contribution in [1.29, 1.82) is 0 Å². The molecule has 1 aromatic carbocycles. The van der Waals surface area contributed by atoms with E-state index < -0.39 is 0 Å². The highest BCUT2D eigenvalue weighted by atomic mass is 32.1. The van der Waals surface area contributed by atoms with Crippen molar-refractivity contribution in [2.24, 2.45) is 0 Å². The zero-order valence-electron chi connectivity index (χ0n) is 12.9. The summed E-state index contributed by atoms with van der Waals surface area (Å²) in [5.41, 5.74) is 4.11. The molecule has 0 spiro atoms. The Labute approximate surface area is 142 Å². The molecule has 0 saturated carbocycles. The maximum absolute atomic E-state index is 12.4. The first-order chi connectivity index (χ1) is 11.7. The minimum atomic E-state index is -0.184. The maximum atomic E-state index is 12.4. The van der Waals surface area contributed by atoms with Crippen molar-refractivity contribution in [2.45, 2.75) is 6.92 Å². The molecule has 118 valence electrons. The molecule has 0 saturated heterocycles. The van der Waals surface area contributed by atoms with Crippen molar-refractivity contribution in [1.82, 2.24) is 14.4 Å². The molecule has 0 fully saturated rings. The van der Waals surface area contributed by atoms with Crippen LogP contribution in [0.3, 0.4) is 0 Å². The van der Waals surface area contributed by atoms with Crippen LogP contribution in [-0.2, 0) is 0 Å². The van der Waals surface area contributed by atoms with Crippen molar-refractivity contribution < 1.29 is 4.79 Å². The summed E-state index contributed by atoms with van der Waals surface area (Å²) in [4.78, 5) is 21.2. The number of pyridine rings is 1. The molecule has 3 aromatic heterocycles. The van der Waals surface area contributed by atoms with Crippen LogP contribution in [0.5, 0.6) is 0 Å². The molecule has 1 amide bonds. The molecular weight excluding hydrogens is 320 g/mol. The van der Waals surface area contributed by atoms with Gasteiger partial charge in [0.2, 0.25) is 0 Å². The van der Waals surface area contributed by atoms with Crippen molar-refractivity contribution in [3.05, 3.63) is 71.5 Å². The molecule has 5 nitrogen and oxygen atoms in total. The van der Waals surface area contributed by atoms with E-state index >= 15 is 0 Å². The van der Waals surface area contributed by atoms with E-state index in [1.165, 1.54) is 11.3 Å². The number of carbonyl (C=O) groups excluding carboxylic acids is 1. The van der Waals surface area contributed by atoms with Gasteiger partial charge >= 0.3 is 0 Å². The Hall–Kier alpha value is -2.99. The standard InChI is InChI=1S/C18H14N4OS/c1-12-11-24-18(19-12)21-17(23)14-7-8-22-10-15(20-16(22)9-14)13-5-3-2-4-6-13/h2-11H,1H3,(H,19,21,23). The molecule has 0 bridgehead atoms. The Balaban J connectivity index is 1.64. The third-order valence-corrected chi connectivity index (χ3v) is 4.51. The van der Waals surface area contributed by atoms with Crippen LogP contribution in [0, 0.1) is 6.92 Å². The molecule has 0 radical (unpaired) electrons.